The molecule has 0 radical (unpaired) electrons. The van der Waals surface area contributed by atoms with Crippen molar-refractivity contribution in [3.63, 3.8) is 0 Å². The number of esters is 2. The summed E-state index contributed by atoms with van der Waals surface area (Å²) in [7, 11) is 1.27. The number of carbonyl (C=O) groups is 3. The quantitative estimate of drug-likeness (QED) is 0.766. The van der Waals surface area contributed by atoms with Crippen molar-refractivity contribution in [2.45, 2.75) is 47.6 Å². The molecule has 0 saturated carbocycles. The highest BCUT2D eigenvalue weighted by molar-refractivity contribution is 6.00. The molecule has 1 atom stereocenters. The van der Waals surface area contributed by atoms with Crippen LogP contribution in [0.1, 0.15) is 55.7 Å². The second kappa shape index (κ2) is 8.29. The summed E-state index contributed by atoms with van der Waals surface area (Å²) in [6, 6.07) is 3.94. The fourth-order valence-electron chi connectivity index (χ4n) is 3.24. The molecular weight excluding hydrogens is 360 g/mol. The van der Waals surface area contributed by atoms with Crippen molar-refractivity contribution in [2.75, 3.05) is 12.4 Å². The molecular formula is C21H26N2O5. The number of ether oxygens (including phenoxy) is 2. The van der Waals surface area contributed by atoms with Crippen molar-refractivity contribution >= 4 is 23.5 Å². The van der Waals surface area contributed by atoms with Crippen LogP contribution >= 0.6 is 0 Å². The summed E-state index contributed by atoms with van der Waals surface area (Å²) in [5, 5.41) is 2.82. The minimum absolute atomic E-state index is 0.125. The fraction of sp³-hybridized carbons (Fsp3) is 0.381. The van der Waals surface area contributed by atoms with Crippen molar-refractivity contribution in [1.82, 2.24) is 4.98 Å². The zero-order chi connectivity index (χ0) is 21.2. The Bertz CT molecular complexity index is 920. The zero-order valence-corrected chi connectivity index (χ0v) is 17.3. The van der Waals surface area contributed by atoms with Gasteiger partial charge in [0.1, 0.15) is 5.69 Å². The van der Waals surface area contributed by atoms with Gasteiger partial charge in [-0.15, -0.1) is 0 Å². The van der Waals surface area contributed by atoms with Crippen LogP contribution in [0.5, 0.6) is 0 Å². The summed E-state index contributed by atoms with van der Waals surface area (Å²) in [5.41, 5.74) is 5.01. The van der Waals surface area contributed by atoms with Crippen LogP contribution in [0.2, 0.25) is 0 Å². The van der Waals surface area contributed by atoms with Gasteiger partial charge in [0.2, 0.25) is 0 Å². The average Bonchev–Trinajstić information content (AvgIpc) is 2.91. The number of aromatic amines is 1. The van der Waals surface area contributed by atoms with Gasteiger partial charge >= 0.3 is 11.9 Å². The number of hydrogen-bond acceptors (Lipinski definition) is 5. The lowest BCUT2D eigenvalue weighted by molar-refractivity contribution is -0.123. The molecule has 1 aromatic heterocycles. The Hall–Kier alpha value is -3.09. The van der Waals surface area contributed by atoms with Crippen molar-refractivity contribution in [2.24, 2.45) is 0 Å². The van der Waals surface area contributed by atoms with E-state index in [1.165, 1.54) is 14.0 Å². The summed E-state index contributed by atoms with van der Waals surface area (Å²) in [6.07, 6.45) is -1.02. The van der Waals surface area contributed by atoms with Crippen LogP contribution in [0, 0.1) is 34.6 Å². The van der Waals surface area contributed by atoms with E-state index >= 15 is 0 Å². The number of aryl methyl sites for hydroxylation is 4. The number of methoxy groups -OCH3 is 1. The molecule has 0 aliphatic carbocycles. The van der Waals surface area contributed by atoms with Gasteiger partial charge in [-0.25, -0.2) is 9.59 Å². The maximum atomic E-state index is 12.5. The van der Waals surface area contributed by atoms with E-state index in [0.29, 0.717) is 16.9 Å². The molecule has 0 fully saturated rings. The van der Waals surface area contributed by atoms with Crippen molar-refractivity contribution in [1.29, 1.82) is 0 Å². The van der Waals surface area contributed by atoms with E-state index in [4.69, 9.17) is 9.47 Å². The molecule has 2 N–H and O–H groups in total. The summed E-state index contributed by atoms with van der Waals surface area (Å²) in [5.74, 6) is -1.69. The number of hydrogen-bond donors (Lipinski definition) is 2. The standard InChI is InChI=1S/C21H26N2O5/c1-10-8-11(2)17(12(3)9-10)23-19(24)15(6)28-21(26)18-13(4)16(14(5)22-18)20(25)27-7/h8-9,15,22H,1-7H3,(H,23,24). The highest BCUT2D eigenvalue weighted by atomic mass is 16.5. The normalized spacial score (nSPS) is 11.7. The molecule has 0 bridgehead atoms. The van der Waals surface area contributed by atoms with Crippen LogP contribution in [-0.2, 0) is 14.3 Å². The number of rotatable bonds is 5. The summed E-state index contributed by atoms with van der Waals surface area (Å²) in [4.78, 5) is 39.7. The van der Waals surface area contributed by atoms with E-state index in [0.717, 1.165) is 16.7 Å². The highest BCUT2D eigenvalue weighted by Crippen LogP contribution is 2.23. The smallest absolute Gasteiger partial charge is 0.355 e. The highest BCUT2D eigenvalue weighted by Gasteiger charge is 2.26. The van der Waals surface area contributed by atoms with Crippen molar-refractivity contribution in [3.05, 3.63) is 51.3 Å². The third-order valence-electron chi connectivity index (χ3n) is 4.61. The number of anilines is 1. The van der Waals surface area contributed by atoms with E-state index in [-0.39, 0.29) is 11.3 Å². The fourth-order valence-corrected chi connectivity index (χ4v) is 3.24. The molecule has 1 amide bonds. The number of carbonyl (C=O) groups excluding carboxylic acids is 3. The number of aromatic nitrogens is 1. The van der Waals surface area contributed by atoms with Gasteiger partial charge in [0.15, 0.2) is 6.10 Å². The van der Waals surface area contributed by atoms with Crippen LogP contribution < -0.4 is 5.32 Å². The first-order valence-corrected chi connectivity index (χ1v) is 8.94. The molecule has 7 heteroatoms. The predicted octanol–water partition coefficient (Wildman–Crippen LogP) is 3.53. The Balaban J connectivity index is 2.15. The molecule has 28 heavy (non-hydrogen) atoms. The summed E-state index contributed by atoms with van der Waals surface area (Å²) in [6.45, 7) is 10.6. The first kappa shape index (κ1) is 21.2. The largest absolute Gasteiger partial charge is 0.465 e. The lowest BCUT2D eigenvalue weighted by atomic mass is 10.0. The summed E-state index contributed by atoms with van der Waals surface area (Å²) < 4.78 is 10.0. The lowest BCUT2D eigenvalue weighted by Crippen LogP contribution is -2.30. The topological polar surface area (TPSA) is 97.5 Å². The second-order valence-electron chi connectivity index (χ2n) is 6.93. The molecule has 2 aromatic rings. The van der Waals surface area contributed by atoms with E-state index in [2.05, 4.69) is 10.3 Å². The van der Waals surface area contributed by atoms with Gasteiger partial charge in [0, 0.05) is 11.4 Å². The SMILES string of the molecule is COC(=O)c1c(C)[nH]c(C(=O)OC(C)C(=O)Nc2c(C)cc(C)cc2C)c1C. The lowest BCUT2D eigenvalue weighted by Gasteiger charge is -2.17. The van der Waals surface area contributed by atoms with E-state index in [1.807, 2.05) is 32.9 Å². The molecule has 1 unspecified atom stereocenters. The Kier molecular flexibility index (Phi) is 6.28. The van der Waals surface area contributed by atoms with Crippen molar-refractivity contribution < 1.29 is 23.9 Å². The Labute approximate surface area is 164 Å². The molecule has 0 aliphatic heterocycles. The maximum Gasteiger partial charge on any atom is 0.355 e. The number of nitrogens with one attached hydrogen (secondary N) is 2. The molecule has 2 rings (SSSR count). The first-order chi connectivity index (χ1) is 13.1. The number of amides is 1. The molecule has 7 nitrogen and oxygen atoms in total. The predicted molar refractivity (Wildman–Crippen MR) is 106 cm³/mol. The zero-order valence-electron chi connectivity index (χ0n) is 17.3. The van der Waals surface area contributed by atoms with Gasteiger partial charge < -0.3 is 19.8 Å². The van der Waals surface area contributed by atoms with E-state index in [1.54, 1.807) is 13.8 Å². The van der Waals surface area contributed by atoms with Gasteiger partial charge in [-0.3, -0.25) is 4.79 Å². The molecule has 1 aromatic carbocycles. The minimum Gasteiger partial charge on any atom is -0.465 e. The molecule has 0 saturated heterocycles. The number of H-pyrrole nitrogens is 1. The van der Waals surface area contributed by atoms with Gasteiger partial charge in [-0.2, -0.15) is 0 Å². The Morgan fingerprint density at radius 1 is 1.00 bits per heavy atom. The van der Waals surface area contributed by atoms with Crippen LogP contribution in [0.15, 0.2) is 12.1 Å². The van der Waals surface area contributed by atoms with Gasteiger partial charge in [0.05, 0.1) is 12.7 Å². The third-order valence-corrected chi connectivity index (χ3v) is 4.61. The number of benzene rings is 1. The summed E-state index contributed by atoms with van der Waals surface area (Å²) >= 11 is 0. The van der Waals surface area contributed by atoms with E-state index in [9.17, 15) is 14.4 Å². The second-order valence-corrected chi connectivity index (χ2v) is 6.93. The Morgan fingerprint density at radius 3 is 2.11 bits per heavy atom. The van der Waals surface area contributed by atoms with E-state index < -0.39 is 23.9 Å². The monoisotopic (exact) mass is 386 g/mol. The van der Waals surface area contributed by atoms with Gasteiger partial charge in [-0.05, 0) is 58.2 Å². The van der Waals surface area contributed by atoms with Crippen molar-refractivity contribution in [3.8, 4) is 0 Å². The van der Waals surface area contributed by atoms with Crippen LogP contribution in [0.4, 0.5) is 5.69 Å². The molecule has 1 heterocycles. The molecule has 0 aliphatic rings. The van der Waals surface area contributed by atoms with Gasteiger partial charge in [0.25, 0.3) is 5.91 Å². The van der Waals surface area contributed by atoms with Gasteiger partial charge in [-0.1, -0.05) is 17.7 Å². The Morgan fingerprint density at radius 2 is 1.57 bits per heavy atom. The average molecular weight is 386 g/mol. The van der Waals surface area contributed by atoms with Crippen LogP contribution in [-0.4, -0.2) is 36.0 Å². The maximum absolute atomic E-state index is 12.5. The van der Waals surface area contributed by atoms with Crippen LogP contribution in [0.25, 0.3) is 0 Å². The first-order valence-electron chi connectivity index (χ1n) is 8.94. The minimum atomic E-state index is -1.02. The molecule has 0 spiro atoms. The third kappa shape index (κ3) is 4.24. The van der Waals surface area contributed by atoms with Crippen LogP contribution in [0.3, 0.4) is 0 Å². The molecule has 150 valence electrons.